The van der Waals surface area contributed by atoms with Gasteiger partial charge in [-0.15, -0.1) is 0 Å². The molecule has 1 aliphatic carbocycles. The second kappa shape index (κ2) is 6.94. The lowest BCUT2D eigenvalue weighted by Gasteiger charge is -2.32. The zero-order valence-electron chi connectivity index (χ0n) is 14.8. The van der Waals surface area contributed by atoms with E-state index in [0.29, 0.717) is 0 Å². The van der Waals surface area contributed by atoms with Crippen LogP contribution >= 0.6 is 0 Å². The summed E-state index contributed by atoms with van der Waals surface area (Å²) < 4.78 is 5.85. The van der Waals surface area contributed by atoms with Crippen molar-refractivity contribution in [2.45, 2.75) is 64.0 Å². The number of nitrogens with zero attached hydrogens (tertiary/aromatic N) is 2. The molecule has 2 N–H and O–H groups in total. The SMILES string of the molecule is Cc1ccc([C@@H]2CCCCCN2C(=O)N[C@H]2CCc3[nH]ncc3C2)o1. The number of amides is 2. The molecule has 2 atom stereocenters. The van der Waals surface area contributed by atoms with Crippen molar-refractivity contribution in [3.05, 3.63) is 41.1 Å². The number of aromatic nitrogens is 2. The van der Waals surface area contributed by atoms with Crippen LogP contribution in [0.2, 0.25) is 0 Å². The number of furan rings is 1. The Morgan fingerprint density at radius 1 is 1.32 bits per heavy atom. The molecule has 2 aromatic rings. The van der Waals surface area contributed by atoms with Gasteiger partial charge < -0.3 is 14.6 Å². The molecule has 0 radical (unpaired) electrons. The fourth-order valence-corrected chi connectivity index (χ4v) is 4.08. The molecular weight excluding hydrogens is 316 g/mol. The number of carbonyl (C=O) groups excluding carboxylic acids is 1. The Kier molecular flexibility index (Phi) is 4.51. The van der Waals surface area contributed by atoms with E-state index in [1.165, 1.54) is 17.7 Å². The highest BCUT2D eigenvalue weighted by atomic mass is 16.3. The van der Waals surface area contributed by atoms with Crippen LogP contribution < -0.4 is 5.32 Å². The summed E-state index contributed by atoms with van der Waals surface area (Å²) in [7, 11) is 0. The molecule has 0 spiro atoms. The van der Waals surface area contributed by atoms with Crippen molar-refractivity contribution in [2.75, 3.05) is 6.54 Å². The van der Waals surface area contributed by atoms with Gasteiger partial charge in [0.2, 0.25) is 0 Å². The van der Waals surface area contributed by atoms with Crippen LogP contribution in [0.15, 0.2) is 22.7 Å². The molecule has 134 valence electrons. The van der Waals surface area contributed by atoms with E-state index < -0.39 is 0 Å². The van der Waals surface area contributed by atoms with Crippen LogP contribution in [-0.2, 0) is 12.8 Å². The van der Waals surface area contributed by atoms with Gasteiger partial charge in [0.05, 0.1) is 12.2 Å². The minimum Gasteiger partial charge on any atom is -0.464 e. The minimum atomic E-state index is 0.0397. The number of carbonyl (C=O) groups is 1. The quantitative estimate of drug-likeness (QED) is 0.877. The molecule has 0 bridgehead atoms. The first kappa shape index (κ1) is 16.2. The Morgan fingerprint density at radius 3 is 3.08 bits per heavy atom. The Hall–Kier alpha value is -2.24. The predicted octanol–water partition coefficient (Wildman–Crippen LogP) is 3.50. The second-order valence-electron chi connectivity index (χ2n) is 7.27. The van der Waals surface area contributed by atoms with Crippen LogP contribution in [0.5, 0.6) is 0 Å². The zero-order chi connectivity index (χ0) is 17.2. The van der Waals surface area contributed by atoms with E-state index in [9.17, 15) is 4.79 Å². The summed E-state index contributed by atoms with van der Waals surface area (Å²) in [5.74, 6) is 1.81. The van der Waals surface area contributed by atoms with Crippen LogP contribution in [0.1, 0.15) is 60.9 Å². The molecule has 6 nitrogen and oxygen atoms in total. The highest BCUT2D eigenvalue weighted by molar-refractivity contribution is 5.75. The lowest BCUT2D eigenvalue weighted by atomic mass is 9.94. The fourth-order valence-electron chi connectivity index (χ4n) is 4.08. The van der Waals surface area contributed by atoms with E-state index >= 15 is 0 Å². The lowest BCUT2D eigenvalue weighted by molar-refractivity contribution is 0.161. The zero-order valence-corrected chi connectivity index (χ0v) is 14.8. The van der Waals surface area contributed by atoms with Gasteiger partial charge in [0.1, 0.15) is 11.5 Å². The van der Waals surface area contributed by atoms with Crippen LogP contribution in [0.4, 0.5) is 4.79 Å². The molecule has 1 fully saturated rings. The van der Waals surface area contributed by atoms with Crippen molar-refractivity contribution >= 4 is 6.03 Å². The average molecular weight is 342 g/mol. The third-order valence-corrected chi connectivity index (χ3v) is 5.45. The highest BCUT2D eigenvalue weighted by Gasteiger charge is 2.31. The monoisotopic (exact) mass is 342 g/mol. The van der Waals surface area contributed by atoms with Crippen molar-refractivity contribution in [3.63, 3.8) is 0 Å². The molecule has 1 aliphatic heterocycles. The molecule has 0 aromatic carbocycles. The van der Waals surface area contributed by atoms with Crippen LogP contribution in [0.3, 0.4) is 0 Å². The predicted molar refractivity (Wildman–Crippen MR) is 94.3 cm³/mol. The highest BCUT2D eigenvalue weighted by Crippen LogP contribution is 2.31. The number of likely N-dealkylation sites (tertiary alicyclic amines) is 1. The van der Waals surface area contributed by atoms with Gasteiger partial charge in [-0.25, -0.2) is 4.79 Å². The Morgan fingerprint density at radius 2 is 2.24 bits per heavy atom. The van der Waals surface area contributed by atoms with Crippen LogP contribution in [0, 0.1) is 6.92 Å². The smallest absolute Gasteiger partial charge is 0.318 e. The molecule has 2 amide bonds. The summed E-state index contributed by atoms with van der Waals surface area (Å²) in [6, 6.07) is 4.27. The molecule has 0 saturated carbocycles. The normalized spacial score (nSPS) is 23.8. The average Bonchev–Trinajstić information content (AvgIpc) is 3.16. The lowest BCUT2D eigenvalue weighted by Crippen LogP contribution is -2.47. The second-order valence-corrected chi connectivity index (χ2v) is 7.27. The number of nitrogens with one attached hydrogen (secondary N) is 2. The summed E-state index contributed by atoms with van der Waals surface area (Å²) in [5.41, 5.74) is 2.44. The molecule has 2 aliphatic rings. The largest absolute Gasteiger partial charge is 0.464 e. The number of aryl methyl sites for hydroxylation is 2. The molecule has 1 saturated heterocycles. The van der Waals surface area contributed by atoms with Crippen molar-refractivity contribution in [2.24, 2.45) is 0 Å². The topological polar surface area (TPSA) is 74.2 Å². The third-order valence-electron chi connectivity index (χ3n) is 5.45. The Labute approximate surface area is 148 Å². The molecule has 0 unspecified atom stereocenters. The molecule has 4 rings (SSSR count). The maximum absolute atomic E-state index is 13.0. The number of hydrogen-bond donors (Lipinski definition) is 2. The van der Waals surface area contributed by atoms with Crippen LogP contribution in [-0.4, -0.2) is 33.7 Å². The van der Waals surface area contributed by atoms with Crippen molar-refractivity contribution < 1.29 is 9.21 Å². The van der Waals surface area contributed by atoms with E-state index in [0.717, 1.165) is 56.6 Å². The number of hydrogen-bond acceptors (Lipinski definition) is 3. The van der Waals surface area contributed by atoms with E-state index in [4.69, 9.17) is 4.42 Å². The van der Waals surface area contributed by atoms with Crippen LogP contribution in [0.25, 0.3) is 0 Å². The van der Waals surface area contributed by atoms with E-state index in [1.807, 2.05) is 30.2 Å². The Bertz CT molecular complexity index is 735. The molecule has 3 heterocycles. The first-order valence-corrected chi connectivity index (χ1v) is 9.35. The molecule has 25 heavy (non-hydrogen) atoms. The van der Waals surface area contributed by atoms with Gasteiger partial charge in [-0.3, -0.25) is 5.10 Å². The summed E-state index contributed by atoms with van der Waals surface area (Å²) >= 11 is 0. The number of urea groups is 1. The minimum absolute atomic E-state index is 0.0397. The number of aromatic amines is 1. The van der Waals surface area contributed by atoms with Crippen molar-refractivity contribution in [3.8, 4) is 0 Å². The summed E-state index contributed by atoms with van der Waals surface area (Å²) in [5, 5.41) is 10.4. The van der Waals surface area contributed by atoms with Gasteiger partial charge in [-0.2, -0.15) is 5.10 Å². The fraction of sp³-hybridized carbons (Fsp3) is 0.579. The molecular formula is C19H26N4O2. The number of fused-ring (bicyclic) bond motifs is 1. The molecule has 6 heteroatoms. The van der Waals surface area contributed by atoms with Gasteiger partial charge in [-0.1, -0.05) is 12.8 Å². The van der Waals surface area contributed by atoms with Crippen molar-refractivity contribution in [1.82, 2.24) is 20.4 Å². The molecule has 2 aromatic heterocycles. The van der Waals surface area contributed by atoms with Gasteiger partial charge in [0.25, 0.3) is 0 Å². The maximum Gasteiger partial charge on any atom is 0.318 e. The number of rotatable bonds is 2. The van der Waals surface area contributed by atoms with Crippen molar-refractivity contribution in [1.29, 1.82) is 0 Å². The van der Waals surface area contributed by atoms with Gasteiger partial charge in [0.15, 0.2) is 0 Å². The Balaban J connectivity index is 1.47. The first-order valence-electron chi connectivity index (χ1n) is 9.35. The summed E-state index contributed by atoms with van der Waals surface area (Å²) in [6.07, 6.45) is 8.97. The van der Waals surface area contributed by atoms with E-state index in [1.54, 1.807) is 0 Å². The standard InChI is InChI=1S/C19H26N4O2/c1-13-6-9-18(25-13)17-5-3-2-4-10-23(17)19(24)21-15-7-8-16-14(11-15)12-20-22-16/h6,9,12,15,17H,2-5,7-8,10-11H2,1H3,(H,20,22)(H,21,24)/t15-,17-/m0/s1. The van der Waals surface area contributed by atoms with Gasteiger partial charge in [0, 0.05) is 18.3 Å². The first-order chi connectivity index (χ1) is 12.2. The summed E-state index contributed by atoms with van der Waals surface area (Å²) in [6.45, 7) is 2.75. The van der Waals surface area contributed by atoms with E-state index in [2.05, 4.69) is 15.5 Å². The van der Waals surface area contributed by atoms with Gasteiger partial charge in [-0.05, 0) is 56.7 Å². The maximum atomic E-state index is 13.0. The number of H-pyrrole nitrogens is 1. The van der Waals surface area contributed by atoms with E-state index in [-0.39, 0.29) is 18.1 Å². The van der Waals surface area contributed by atoms with Gasteiger partial charge >= 0.3 is 6.03 Å². The summed E-state index contributed by atoms with van der Waals surface area (Å²) in [4.78, 5) is 15.0. The third kappa shape index (κ3) is 3.43.